The predicted molar refractivity (Wildman–Crippen MR) is 53.3 cm³/mol. The van der Waals surface area contributed by atoms with Crippen LogP contribution in [0.2, 0.25) is 0 Å². The van der Waals surface area contributed by atoms with Gasteiger partial charge in [-0.3, -0.25) is 0 Å². The molecule has 0 radical (unpaired) electrons. The number of rotatable bonds is 1. The van der Waals surface area contributed by atoms with E-state index in [1.807, 2.05) is 6.92 Å². The Morgan fingerprint density at radius 1 is 1.50 bits per heavy atom. The molecule has 0 saturated carbocycles. The lowest BCUT2D eigenvalue weighted by atomic mass is 9.83. The Bertz CT molecular complexity index is 289. The fourth-order valence-electron chi connectivity index (χ4n) is 1.79. The molecule has 0 aromatic heterocycles. The molecule has 0 aliphatic carbocycles. The molecule has 16 heavy (non-hydrogen) atoms. The van der Waals surface area contributed by atoms with Crippen LogP contribution in [0, 0.1) is 5.41 Å². The van der Waals surface area contributed by atoms with Crippen LogP contribution in [0.25, 0.3) is 0 Å². The van der Waals surface area contributed by atoms with Crippen LogP contribution >= 0.6 is 16.5 Å². The van der Waals surface area contributed by atoms with Gasteiger partial charge in [-0.05, 0) is 6.42 Å². The largest absolute Gasteiger partial charge is 0.697 e. The van der Waals surface area contributed by atoms with E-state index in [1.54, 1.807) is 0 Å². The molecule has 6 nitrogen and oxygen atoms in total. The van der Waals surface area contributed by atoms with Crippen molar-refractivity contribution in [1.82, 2.24) is 0 Å². The molecule has 0 aromatic rings. The monoisotopic (exact) mass is 274 g/mol. The fraction of sp³-hybridized carbons (Fsp3) is 1.00. The summed E-state index contributed by atoms with van der Waals surface area (Å²) in [6, 6.07) is 0. The van der Waals surface area contributed by atoms with E-state index >= 15 is 0 Å². The highest BCUT2D eigenvalue weighted by atomic mass is 31.3. The quantitative estimate of drug-likeness (QED) is 0.738. The number of halogens is 1. The smallest absolute Gasteiger partial charge is 0.164 e. The second-order valence-electron chi connectivity index (χ2n) is 3.86. The van der Waals surface area contributed by atoms with E-state index in [0.29, 0.717) is 6.42 Å². The van der Waals surface area contributed by atoms with Crippen molar-refractivity contribution in [3.05, 3.63) is 0 Å². The molecule has 0 amide bonds. The molecule has 92 valence electrons. The van der Waals surface area contributed by atoms with Gasteiger partial charge in [-0.25, -0.2) is 0 Å². The highest BCUT2D eigenvalue weighted by molar-refractivity contribution is 7.55. The molecule has 1 spiro atoms. The molecule has 9 heteroatoms. The third-order valence-corrected chi connectivity index (χ3v) is 4.41. The van der Waals surface area contributed by atoms with Crippen LogP contribution in [-0.2, 0) is 22.7 Å². The summed E-state index contributed by atoms with van der Waals surface area (Å²) >= 11 is 0. The summed E-state index contributed by atoms with van der Waals surface area (Å²) in [5, 5.41) is 0. The van der Waals surface area contributed by atoms with Gasteiger partial charge in [-0.2, -0.15) is 4.89 Å². The zero-order valence-electron chi connectivity index (χ0n) is 8.67. The van der Waals surface area contributed by atoms with Crippen LogP contribution in [-0.4, -0.2) is 30.8 Å². The molecular formula is C7H13FO6P2+2. The van der Waals surface area contributed by atoms with Crippen LogP contribution < -0.4 is 0 Å². The third kappa shape index (κ3) is 2.41. The molecule has 2 fully saturated rings. The minimum atomic E-state index is -4.17. The van der Waals surface area contributed by atoms with Crippen LogP contribution in [0.15, 0.2) is 0 Å². The molecular weight excluding hydrogens is 261 g/mol. The Balaban J connectivity index is 2.09. The highest BCUT2D eigenvalue weighted by Gasteiger charge is 2.61. The maximum Gasteiger partial charge on any atom is 0.697 e. The van der Waals surface area contributed by atoms with Gasteiger partial charge < -0.3 is 0 Å². The fourth-order valence-corrected chi connectivity index (χ4v) is 3.70. The van der Waals surface area contributed by atoms with Crippen molar-refractivity contribution >= 4 is 16.5 Å². The molecule has 2 aliphatic heterocycles. The summed E-state index contributed by atoms with van der Waals surface area (Å²) in [6.07, 6.45) is 0.200. The normalized spacial score (nSPS) is 47.2. The van der Waals surface area contributed by atoms with Crippen molar-refractivity contribution in [2.24, 2.45) is 5.41 Å². The van der Waals surface area contributed by atoms with E-state index < -0.39 is 21.9 Å². The molecule has 1 N–H and O–H groups in total. The summed E-state index contributed by atoms with van der Waals surface area (Å²) in [7, 11) is -6.29. The van der Waals surface area contributed by atoms with Crippen molar-refractivity contribution in [1.29, 1.82) is 0 Å². The summed E-state index contributed by atoms with van der Waals surface area (Å²) < 4.78 is 43.4. The van der Waals surface area contributed by atoms with Crippen LogP contribution in [0.3, 0.4) is 0 Å². The van der Waals surface area contributed by atoms with Gasteiger partial charge in [0.1, 0.15) is 25.9 Å². The number of hydrogen-bond donors (Lipinski definition) is 1. The van der Waals surface area contributed by atoms with Gasteiger partial charge in [-0.1, -0.05) is 6.92 Å². The first-order valence-electron chi connectivity index (χ1n) is 4.85. The molecule has 2 saturated heterocycles. The minimum absolute atomic E-state index is 0.0601. The SMILES string of the molecule is CCC1O[P+](=O)OCC12CO[P+](O)(F)OC2. The zero-order chi connectivity index (χ0) is 11.8. The van der Waals surface area contributed by atoms with Gasteiger partial charge in [0, 0.05) is 8.76 Å². The third-order valence-electron chi connectivity index (χ3n) is 2.75. The molecule has 2 rings (SSSR count). The first-order chi connectivity index (χ1) is 7.47. The topological polar surface area (TPSA) is 74.2 Å². The molecule has 2 unspecified atom stereocenters. The van der Waals surface area contributed by atoms with Crippen LogP contribution in [0.1, 0.15) is 13.3 Å². The van der Waals surface area contributed by atoms with Crippen molar-refractivity contribution in [3.63, 3.8) is 0 Å². The minimum Gasteiger partial charge on any atom is -0.164 e. The van der Waals surface area contributed by atoms with E-state index in [-0.39, 0.29) is 25.9 Å². The molecule has 2 atom stereocenters. The molecule has 2 heterocycles. The summed E-state index contributed by atoms with van der Waals surface area (Å²) in [4.78, 5) is 8.96. The lowest BCUT2D eigenvalue weighted by Crippen LogP contribution is -2.51. The van der Waals surface area contributed by atoms with Crippen molar-refractivity contribution in [2.45, 2.75) is 19.4 Å². The van der Waals surface area contributed by atoms with Gasteiger partial charge in [-0.15, -0.1) is 18.1 Å². The van der Waals surface area contributed by atoms with E-state index in [9.17, 15) is 8.76 Å². The maximum absolute atomic E-state index is 13.0. The van der Waals surface area contributed by atoms with E-state index in [0.717, 1.165) is 0 Å². The first-order valence-corrected chi connectivity index (χ1v) is 7.41. The summed E-state index contributed by atoms with van der Waals surface area (Å²) in [6.45, 7) is 1.85. The zero-order valence-corrected chi connectivity index (χ0v) is 10.5. The van der Waals surface area contributed by atoms with Crippen molar-refractivity contribution < 1.29 is 31.8 Å². The van der Waals surface area contributed by atoms with Crippen molar-refractivity contribution in [2.75, 3.05) is 19.8 Å². The number of hydrogen-bond acceptors (Lipinski definition) is 6. The van der Waals surface area contributed by atoms with Gasteiger partial charge in [0.15, 0.2) is 0 Å². The van der Waals surface area contributed by atoms with E-state index in [4.69, 9.17) is 13.9 Å². The Labute approximate surface area is 93.7 Å². The average molecular weight is 274 g/mol. The van der Waals surface area contributed by atoms with Gasteiger partial charge in [0.25, 0.3) is 0 Å². The Kier molecular flexibility index (Phi) is 3.57. The molecule has 0 bridgehead atoms. The van der Waals surface area contributed by atoms with Crippen LogP contribution in [0.4, 0.5) is 4.20 Å². The Hall–Kier alpha value is 0.260. The van der Waals surface area contributed by atoms with E-state index in [2.05, 4.69) is 9.05 Å². The predicted octanol–water partition coefficient (Wildman–Crippen LogP) is 2.14. The second-order valence-corrected chi connectivity index (χ2v) is 6.20. The lowest BCUT2D eigenvalue weighted by Gasteiger charge is -2.37. The summed E-state index contributed by atoms with van der Waals surface area (Å²) in [5.41, 5.74) is -0.684. The van der Waals surface area contributed by atoms with Gasteiger partial charge >= 0.3 is 16.5 Å². The van der Waals surface area contributed by atoms with Gasteiger partial charge in [0.05, 0.1) is 5.41 Å². The van der Waals surface area contributed by atoms with Crippen molar-refractivity contribution in [3.8, 4) is 0 Å². The molecule has 0 aromatic carbocycles. The maximum atomic E-state index is 13.0. The summed E-state index contributed by atoms with van der Waals surface area (Å²) in [5.74, 6) is 0. The Morgan fingerprint density at radius 2 is 2.12 bits per heavy atom. The van der Waals surface area contributed by atoms with Gasteiger partial charge in [0.2, 0.25) is 0 Å². The average Bonchev–Trinajstić information content (AvgIpc) is 2.25. The highest BCUT2D eigenvalue weighted by Crippen LogP contribution is 2.64. The standard InChI is InChI=1S/C7H13FO6P2/c1-2-6-7(3-11-15(9)14-6)4-12-16(8,10)13-5-7/h6,10H,2-5H2,1H3/q+2. The molecule has 2 aliphatic rings. The van der Waals surface area contributed by atoms with Crippen LogP contribution in [0.5, 0.6) is 0 Å². The van der Waals surface area contributed by atoms with E-state index in [1.165, 1.54) is 0 Å². The lowest BCUT2D eigenvalue weighted by molar-refractivity contribution is -0.119. The second kappa shape index (κ2) is 4.50. The Morgan fingerprint density at radius 3 is 2.69 bits per heavy atom. The first kappa shape index (κ1) is 12.7.